The van der Waals surface area contributed by atoms with Crippen LogP contribution in [0.4, 0.5) is 0 Å². The van der Waals surface area contributed by atoms with E-state index in [1.807, 2.05) is 0 Å². The Morgan fingerprint density at radius 1 is 1.20 bits per heavy atom. The van der Waals surface area contributed by atoms with Crippen molar-refractivity contribution >= 4 is 18.6 Å². The molecule has 0 radical (unpaired) electrons. The monoisotopic (exact) mass is 128 g/mol. The van der Waals surface area contributed by atoms with Gasteiger partial charge in [-0.2, -0.15) is 0 Å². The van der Waals surface area contributed by atoms with Gasteiger partial charge in [0.25, 0.3) is 0 Å². The summed E-state index contributed by atoms with van der Waals surface area (Å²) in [6.45, 7) is 6.81. The summed E-state index contributed by atoms with van der Waals surface area (Å²) in [7, 11) is 0. The molecule has 0 nitrogen and oxygen atoms in total. The zero-order valence-corrected chi connectivity index (χ0v) is 8.70. The van der Waals surface area contributed by atoms with Crippen LogP contribution in [-0.2, 0) is 0 Å². The van der Waals surface area contributed by atoms with Gasteiger partial charge in [0.1, 0.15) is 0 Å². The van der Waals surface area contributed by atoms with Gasteiger partial charge in [0.15, 0.2) is 0 Å². The average molecular weight is 129 g/mol. The van der Waals surface area contributed by atoms with Crippen LogP contribution in [0.5, 0.6) is 0 Å². The molecule has 0 heterocycles. The average Bonchev–Trinajstić information content (AvgIpc) is 0.722. The van der Waals surface area contributed by atoms with Crippen molar-refractivity contribution < 1.29 is 0 Å². The molecule has 0 amide bonds. The molecule has 0 saturated heterocycles. The van der Waals surface area contributed by atoms with Gasteiger partial charge in [-0.3, -0.25) is 0 Å². The molecule has 0 fully saturated rings. The van der Waals surface area contributed by atoms with E-state index < -0.39 is 0 Å². The molecular formula is C4H11Ga. The van der Waals surface area contributed by atoms with Crippen LogP contribution in [0.2, 0.25) is 3.97 Å². The predicted octanol–water partition coefficient (Wildman–Crippen LogP) is 0.838. The van der Waals surface area contributed by atoms with E-state index in [4.69, 9.17) is 0 Å². The van der Waals surface area contributed by atoms with Gasteiger partial charge in [0.2, 0.25) is 0 Å². The molecule has 0 aromatic rings. The first-order chi connectivity index (χ1) is 2.00. The minimum absolute atomic E-state index is 0.688. The van der Waals surface area contributed by atoms with E-state index in [1.165, 1.54) is 0 Å². The van der Waals surface area contributed by atoms with Gasteiger partial charge >= 0.3 is 43.3 Å². The van der Waals surface area contributed by atoms with Crippen molar-refractivity contribution in [2.45, 2.75) is 24.7 Å². The summed E-state index contributed by atoms with van der Waals surface area (Å²) in [5.41, 5.74) is 0. The van der Waals surface area contributed by atoms with E-state index in [-0.39, 0.29) is 0 Å². The number of hydrogen-bond donors (Lipinski definition) is 0. The molecule has 0 unspecified atom stereocenters. The molecule has 0 aliphatic rings. The molecule has 0 saturated carbocycles. The van der Waals surface area contributed by atoms with Gasteiger partial charge in [-0.25, -0.2) is 0 Å². The van der Waals surface area contributed by atoms with Crippen molar-refractivity contribution in [3.8, 4) is 0 Å². The van der Waals surface area contributed by atoms with Crippen LogP contribution in [0, 0.1) is 0 Å². The van der Waals surface area contributed by atoms with Crippen molar-refractivity contribution in [2.75, 3.05) is 0 Å². The van der Waals surface area contributed by atoms with Crippen molar-refractivity contribution in [1.29, 1.82) is 0 Å². The fraction of sp³-hybridized carbons (Fsp3) is 1.00. The third-order valence-corrected chi connectivity index (χ3v) is 0. The summed E-state index contributed by atoms with van der Waals surface area (Å²) in [5, 5.41) is 0. The second kappa shape index (κ2) is 1.39. The van der Waals surface area contributed by atoms with Crippen molar-refractivity contribution in [3.05, 3.63) is 0 Å². The van der Waals surface area contributed by atoms with Crippen LogP contribution in [0.1, 0.15) is 20.8 Å². The molecule has 0 rings (SSSR count). The Labute approximate surface area is 43.9 Å². The first-order valence-electron chi connectivity index (χ1n) is 2.00. The zero-order valence-electron chi connectivity index (χ0n) is 4.50. The SMILES string of the molecule is C[C](C)(C)[GaH2]. The molecule has 30 valence electrons. The molecule has 0 aliphatic heterocycles. The van der Waals surface area contributed by atoms with Crippen LogP contribution in [0.3, 0.4) is 0 Å². The second-order valence-electron chi connectivity index (χ2n) is 3.00. The van der Waals surface area contributed by atoms with Gasteiger partial charge in [-0.05, 0) is 0 Å². The normalized spacial score (nSPS) is 11.8. The van der Waals surface area contributed by atoms with E-state index >= 15 is 0 Å². The van der Waals surface area contributed by atoms with Gasteiger partial charge in [0, 0.05) is 0 Å². The van der Waals surface area contributed by atoms with E-state index in [0.717, 1.165) is 18.6 Å². The number of hydrogen-bond acceptors (Lipinski definition) is 0. The number of rotatable bonds is 0. The van der Waals surface area contributed by atoms with Gasteiger partial charge in [-0.1, -0.05) is 0 Å². The Kier molecular flexibility index (Phi) is 1.57. The molecule has 0 spiro atoms. The summed E-state index contributed by atoms with van der Waals surface area (Å²) in [6.07, 6.45) is 0. The van der Waals surface area contributed by atoms with Gasteiger partial charge in [-0.15, -0.1) is 0 Å². The van der Waals surface area contributed by atoms with Gasteiger partial charge in [0.05, 0.1) is 0 Å². The molecule has 1 heteroatoms. The maximum absolute atomic E-state index is 2.27. The molecule has 0 atom stereocenters. The fourth-order valence-electron chi connectivity index (χ4n) is 0. The molecule has 0 aromatic heterocycles. The quantitative estimate of drug-likeness (QED) is 0.425. The first-order valence-corrected chi connectivity index (χ1v) is 4.10. The summed E-state index contributed by atoms with van der Waals surface area (Å²) >= 11 is 1.00. The van der Waals surface area contributed by atoms with E-state index in [9.17, 15) is 0 Å². The third kappa shape index (κ3) is 79.6. The Morgan fingerprint density at radius 3 is 1.20 bits per heavy atom. The van der Waals surface area contributed by atoms with Crippen LogP contribution in [0.25, 0.3) is 0 Å². The maximum atomic E-state index is 2.27. The van der Waals surface area contributed by atoms with E-state index in [1.54, 1.807) is 0 Å². The predicted molar refractivity (Wildman–Crippen MR) is 28.3 cm³/mol. The summed E-state index contributed by atoms with van der Waals surface area (Å²) in [4.78, 5) is 0. The molecule has 0 aromatic carbocycles. The Balaban J connectivity index is 3.02. The van der Waals surface area contributed by atoms with Crippen LogP contribution in [0.15, 0.2) is 0 Å². The second-order valence-corrected chi connectivity index (χ2v) is 9.29. The topological polar surface area (TPSA) is 0 Å². The van der Waals surface area contributed by atoms with Crippen molar-refractivity contribution in [1.82, 2.24) is 0 Å². The summed E-state index contributed by atoms with van der Waals surface area (Å²) in [6, 6.07) is 0. The first kappa shape index (κ1) is 5.64. The molecular weight excluding hydrogens is 118 g/mol. The fourth-order valence-corrected chi connectivity index (χ4v) is 0. The van der Waals surface area contributed by atoms with Crippen molar-refractivity contribution in [2.24, 2.45) is 0 Å². The molecule has 0 aliphatic carbocycles. The molecule has 0 N–H and O–H groups in total. The zero-order chi connectivity index (χ0) is 4.50. The standard InChI is InChI=1S/C4H9.Ga.2H/c1-4(2)3;;;/h1-3H3;;;. The Hall–Kier alpha value is 0.636. The van der Waals surface area contributed by atoms with Crippen LogP contribution >= 0.6 is 0 Å². The third-order valence-electron chi connectivity index (χ3n) is 0. The Morgan fingerprint density at radius 2 is 1.20 bits per heavy atom. The minimum atomic E-state index is 0.688. The Bertz CT molecular complexity index is 19.1. The van der Waals surface area contributed by atoms with Crippen molar-refractivity contribution in [3.63, 3.8) is 0 Å². The molecule has 5 heavy (non-hydrogen) atoms. The van der Waals surface area contributed by atoms with Crippen LogP contribution < -0.4 is 0 Å². The van der Waals surface area contributed by atoms with Gasteiger partial charge < -0.3 is 0 Å². The molecule has 0 bridgehead atoms. The van der Waals surface area contributed by atoms with Crippen LogP contribution in [-0.4, -0.2) is 18.6 Å². The summed E-state index contributed by atoms with van der Waals surface area (Å²) in [5.74, 6) is 0. The summed E-state index contributed by atoms with van der Waals surface area (Å²) < 4.78 is 0.688. The van der Waals surface area contributed by atoms with E-state index in [0.29, 0.717) is 3.97 Å². The van der Waals surface area contributed by atoms with E-state index in [2.05, 4.69) is 20.8 Å².